The molecule has 2 aromatic carbocycles. The van der Waals surface area contributed by atoms with Crippen molar-refractivity contribution in [2.24, 2.45) is 7.05 Å². The van der Waals surface area contributed by atoms with Gasteiger partial charge in [-0.1, -0.05) is 48.5 Å². The van der Waals surface area contributed by atoms with E-state index < -0.39 is 24.0 Å². The van der Waals surface area contributed by atoms with Crippen molar-refractivity contribution in [1.29, 1.82) is 0 Å². The summed E-state index contributed by atoms with van der Waals surface area (Å²) >= 11 is 0. The number of carbonyl (C=O) groups is 3. The van der Waals surface area contributed by atoms with Crippen molar-refractivity contribution >= 4 is 23.8 Å². The quantitative estimate of drug-likeness (QED) is 0.455. The Kier molecular flexibility index (Phi) is 6.83. The molecule has 10 heteroatoms. The Morgan fingerprint density at radius 3 is 2.26 bits per heavy atom. The van der Waals surface area contributed by atoms with Gasteiger partial charge in [0.25, 0.3) is 5.91 Å². The van der Waals surface area contributed by atoms with Crippen molar-refractivity contribution in [3.05, 3.63) is 71.4 Å². The van der Waals surface area contributed by atoms with Crippen molar-refractivity contribution in [3.8, 4) is 11.1 Å². The van der Waals surface area contributed by atoms with Crippen LogP contribution in [-0.2, 0) is 16.6 Å². The van der Waals surface area contributed by atoms with Crippen LogP contribution in [0.3, 0.4) is 0 Å². The van der Waals surface area contributed by atoms with Crippen molar-refractivity contribution in [2.45, 2.75) is 12.0 Å². The minimum Gasteiger partial charge on any atom is -0.480 e. The van der Waals surface area contributed by atoms with Crippen LogP contribution in [0.2, 0.25) is 0 Å². The van der Waals surface area contributed by atoms with Gasteiger partial charge in [0, 0.05) is 25.6 Å². The van der Waals surface area contributed by atoms with E-state index in [4.69, 9.17) is 4.74 Å². The van der Waals surface area contributed by atoms with Gasteiger partial charge in [0.2, 0.25) is 0 Å². The maximum atomic E-state index is 12.6. The molecule has 0 saturated carbocycles. The zero-order valence-corrected chi connectivity index (χ0v) is 19.7. The molecule has 0 saturated heterocycles. The number of carboxylic acids is 1. The van der Waals surface area contributed by atoms with E-state index in [1.54, 1.807) is 26.0 Å². The van der Waals surface area contributed by atoms with Gasteiger partial charge in [-0.3, -0.25) is 14.8 Å². The first-order valence-corrected chi connectivity index (χ1v) is 11.1. The third-order valence-electron chi connectivity index (χ3n) is 5.84. The second kappa shape index (κ2) is 9.98. The second-order valence-electron chi connectivity index (χ2n) is 8.62. The summed E-state index contributed by atoms with van der Waals surface area (Å²) in [6.45, 7) is 0.272. The number of aromatic nitrogens is 2. The topological polar surface area (TPSA) is 126 Å². The minimum atomic E-state index is -1.15. The van der Waals surface area contributed by atoms with Gasteiger partial charge in [0.05, 0.1) is 0 Å². The van der Waals surface area contributed by atoms with Crippen LogP contribution in [0.5, 0.6) is 0 Å². The average Bonchev–Trinajstić information content (AvgIpc) is 3.34. The van der Waals surface area contributed by atoms with Crippen LogP contribution in [0, 0.1) is 0 Å². The number of carbonyl (C=O) groups excluding carboxylic acids is 2. The molecule has 0 aliphatic heterocycles. The predicted octanol–water partition coefficient (Wildman–Crippen LogP) is 2.53. The van der Waals surface area contributed by atoms with E-state index in [1.165, 1.54) is 10.7 Å². The number of aliphatic carboxylic acids is 1. The molecular weight excluding hydrogens is 450 g/mol. The van der Waals surface area contributed by atoms with Crippen LogP contribution in [0.1, 0.15) is 27.5 Å². The Morgan fingerprint density at radius 2 is 1.69 bits per heavy atom. The standard InChI is InChI=1S/C25H27N5O5/c1-29(2)13-21(24(32)33)26-23(31)20-12-22(30(3)28-20)27-25(34)35-14-19-17-10-6-4-8-15(17)16-9-5-7-11-18(16)19/h4-12,19,21H,13-14H2,1-3H3,(H,26,31)(H,27,34)(H,32,33). The fourth-order valence-electron chi connectivity index (χ4n) is 4.22. The van der Waals surface area contributed by atoms with Crippen LogP contribution >= 0.6 is 0 Å². The number of benzene rings is 2. The van der Waals surface area contributed by atoms with Crippen LogP contribution in [0.4, 0.5) is 10.6 Å². The number of carboxylic acid groups (broad SMARTS) is 1. The van der Waals surface area contributed by atoms with Crippen LogP contribution in [0.25, 0.3) is 11.1 Å². The molecule has 0 fully saturated rings. The Labute approximate surface area is 202 Å². The third-order valence-corrected chi connectivity index (χ3v) is 5.84. The molecule has 35 heavy (non-hydrogen) atoms. The molecule has 1 atom stereocenters. The lowest BCUT2D eigenvalue weighted by molar-refractivity contribution is -0.139. The average molecular weight is 478 g/mol. The smallest absolute Gasteiger partial charge is 0.412 e. The maximum Gasteiger partial charge on any atom is 0.412 e. The lowest BCUT2D eigenvalue weighted by atomic mass is 9.98. The van der Waals surface area contributed by atoms with E-state index in [0.29, 0.717) is 0 Å². The fraction of sp³-hybridized carbons (Fsp3) is 0.280. The number of rotatable bonds is 8. The summed E-state index contributed by atoms with van der Waals surface area (Å²) in [6, 6.07) is 16.4. The van der Waals surface area contributed by atoms with E-state index >= 15 is 0 Å². The van der Waals surface area contributed by atoms with Crippen LogP contribution in [0.15, 0.2) is 54.6 Å². The summed E-state index contributed by atoms with van der Waals surface area (Å²) in [4.78, 5) is 38.1. The number of aryl methyl sites for hydroxylation is 1. The largest absolute Gasteiger partial charge is 0.480 e. The van der Waals surface area contributed by atoms with E-state index in [0.717, 1.165) is 22.3 Å². The molecule has 10 nitrogen and oxygen atoms in total. The lowest BCUT2D eigenvalue weighted by Gasteiger charge is -2.17. The number of hydrogen-bond donors (Lipinski definition) is 3. The summed E-state index contributed by atoms with van der Waals surface area (Å²) in [5, 5.41) is 18.4. The van der Waals surface area contributed by atoms with Gasteiger partial charge < -0.3 is 20.1 Å². The first kappa shape index (κ1) is 24.0. The van der Waals surface area contributed by atoms with Gasteiger partial charge in [-0.05, 0) is 36.3 Å². The van der Waals surface area contributed by atoms with Gasteiger partial charge in [-0.25, -0.2) is 9.59 Å². The summed E-state index contributed by atoms with van der Waals surface area (Å²) in [6.07, 6.45) is -0.683. The first-order chi connectivity index (χ1) is 16.7. The van der Waals surface area contributed by atoms with Crippen molar-refractivity contribution in [1.82, 2.24) is 20.0 Å². The number of amides is 2. The van der Waals surface area contributed by atoms with Gasteiger partial charge in [-0.2, -0.15) is 5.10 Å². The van der Waals surface area contributed by atoms with Crippen LogP contribution < -0.4 is 10.6 Å². The van der Waals surface area contributed by atoms with E-state index in [1.807, 2.05) is 36.4 Å². The molecule has 0 spiro atoms. The summed E-state index contributed by atoms with van der Waals surface area (Å²) in [7, 11) is 4.98. The number of likely N-dealkylation sites (N-methyl/N-ethyl adjacent to an activating group) is 1. The van der Waals surface area contributed by atoms with E-state index in [-0.39, 0.29) is 30.6 Å². The maximum absolute atomic E-state index is 12.6. The van der Waals surface area contributed by atoms with Gasteiger partial charge in [0.1, 0.15) is 18.5 Å². The predicted molar refractivity (Wildman–Crippen MR) is 129 cm³/mol. The highest BCUT2D eigenvalue weighted by atomic mass is 16.5. The fourth-order valence-corrected chi connectivity index (χ4v) is 4.22. The van der Waals surface area contributed by atoms with Crippen molar-refractivity contribution < 1.29 is 24.2 Å². The van der Waals surface area contributed by atoms with Crippen LogP contribution in [-0.4, -0.2) is 71.0 Å². The molecule has 1 unspecified atom stereocenters. The van der Waals surface area contributed by atoms with E-state index in [2.05, 4.69) is 27.9 Å². The number of anilines is 1. The molecular formula is C25H27N5O5. The second-order valence-corrected chi connectivity index (χ2v) is 8.62. The highest BCUT2D eigenvalue weighted by molar-refractivity contribution is 5.96. The molecule has 2 amide bonds. The molecule has 0 radical (unpaired) electrons. The normalized spacial score (nSPS) is 13.1. The molecule has 182 valence electrons. The first-order valence-electron chi connectivity index (χ1n) is 11.1. The molecule has 1 aromatic heterocycles. The molecule has 0 bridgehead atoms. The monoisotopic (exact) mass is 477 g/mol. The van der Waals surface area contributed by atoms with Gasteiger partial charge in [0.15, 0.2) is 5.69 Å². The number of fused-ring (bicyclic) bond motifs is 3. The Bertz CT molecular complexity index is 1220. The molecule has 4 rings (SSSR count). The summed E-state index contributed by atoms with van der Waals surface area (Å²) < 4.78 is 6.85. The highest BCUT2D eigenvalue weighted by Crippen LogP contribution is 2.44. The SMILES string of the molecule is CN(C)CC(NC(=O)c1cc(NC(=O)OCC2c3ccccc3-c3ccccc32)n(C)n1)C(=O)O. The molecule has 1 heterocycles. The molecule has 1 aliphatic rings. The Morgan fingerprint density at radius 1 is 1.09 bits per heavy atom. The molecule has 3 aromatic rings. The lowest BCUT2D eigenvalue weighted by Crippen LogP contribution is -2.47. The zero-order valence-electron chi connectivity index (χ0n) is 19.7. The Hall–Kier alpha value is -4.18. The molecule has 3 N–H and O–H groups in total. The van der Waals surface area contributed by atoms with Gasteiger partial charge in [-0.15, -0.1) is 0 Å². The number of ether oxygens (including phenoxy) is 1. The zero-order chi connectivity index (χ0) is 25.1. The highest BCUT2D eigenvalue weighted by Gasteiger charge is 2.29. The minimum absolute atomic E-state index is 0.0218. The third kappa shape index (κ3) is 5.17. The number of nitrogens with one attached hydrogen (secondary N) is 2. The number of nitrogens with zero attached hydrogens (tertiary/aromatic N) is 3. The summed E-state index contributed by atoms with van der Waals surface area (Å²) in [5.74, 6) is -1.65. The Balaban J connectivity index is 1.40. The summed E-state index contributed by atoms with van der Waals surface area (Å²) in [5.41, 5.74) is 4.45. The number of hydrogen-bond acceptors (Lipinski definition) is 6. The van der Waals surface area contributed by atoms with Gasteiger partial charge >= 0.3 is 12.1 Å². The van der Waals surface area contributed by atoms with E-state index in [9.17, 15) is 19.5 Å². The van der Waals surface area contributed by atoms with Crippen molar-refractivity contribution in [3.63, 3.8) is 0 Å². The molecule has 1 aliphatic carbocycles. The van der Waals surface area contributed by atoms with Crippen molar-refractivity contribution in [2.75, 3.05) is 32.6 Å².